The van der Waals surface area contributed by atoms with E-state index in [-0.39, 0.29) is 0 Å². The van der Waals surface area contributed by atoms with Crippen molar-refractivity contribution in [2.75, 3.05) is 4.90 Å². The molecule has 0 fully saturated rings. The van der Waals surface area contributed by atoms with E-state index in [1.165, 1.54) is 60.8 Å². The van der Waals surface area contributed by atoms with Gasteiger partial charge < -0.3 is 4.90 Å². The lowest BCUT2D eigenvalue weighted by molar-refractivity contribution is 1.20. The Bertz CT molecular complexity index is 1950. The number of hydrogen-bond acceptors (Lipinski definition) is 1. The highest BCUT2D eigenvalue weighted by Crippen LogP contribution is 2.38. The fourth-order valence-electron chi connectivity index (χ4n) is 5.75. The van der Waals surface area contributed by atoms with Gasteiger partial charge in [-0.2, -0.15) is 0 Å². The minimum Gasteiger partial charge on any atom is -0.310 e. The molecule has 6 aromatic rings. The van der Waals surface area contributed by atoms with Crippen LogP contribution in [-0.4, -0.2) is 0 Å². The summed E-state index contributed by atoms with van der Waals surface area (Å²) in [4.78, 5) is 2.41. The first-order chi connectivity index (χ1) is 20.2. The highest BCUT2D eigenvalue weighted by atomic mass is 15.1. The maximum absolute atomic E-state index is 2.41. The van der Waals surface area contributed by atoms with Gasteiger partial charge in [-0.05, 0) is 76.0 Å². The zero-order chi connectivity index (χ0) is 27.6. The molecule has 0 amide bonds. The maximum Gasteiger partial charge on any atom is 0.0539 e. The third-order valence-corrected chi connectivity index (χ3v) is 7.96. The van der Waals surface area contributed by atoms with Crippen molar-refractivity contribution in [2.24, 2.45) is 0 Å². The van der Waals surface area contributed by atoms with E-state index < -0.39 is 0 Å². The van der Waals surface area contributed by atoms with E-state index in [4.69, 9.17) is 0 Å². The zero-order valence-electron chi connectivity index (χ0n) is 23.2. The van der Waals surface area contributed by atoms with E-state index in [1.54, 1.807) is 0 Å². The molecule has 41 heavy (non-hydrogen) atoms. The summed E-state index contributed by atoms with van der Waals surface area (Å²) in [5.41, 5.74) is 9.74. The predicted octanol–water partition coefficient (Wildman–Crippen LogP) is 11.0. The highest BCUT2D eigenvalue weighted by Gasteiger charge is 2.17. The molecule has 0 saturated heterocycles. The van der Waals surface area contributed by atoms with Crippen LogP contribution in [0, 0.1) is 6.92 Å². The SMILES string of the molecule is Cc1ccc(-c2ccc(C3=CCC=C(N(c4ccc5ccccc5c4)c4cccc5ccccc45)C=C3)cc2)cc1. The van der Waals surface area contributed by atoms with Crippen LogP contribution < -0.4 is 4.90 Å². The van der Waals surface area contributed by atoms with Crippen molar-refractivity contribution in [1.29, 1.82) is 0 Å². The largest absolute Gasteiger partial charge is 0.310 e. The van der Waals surface area contributed by atoms with Crippen molar-refractivity contribution >= 4 is 38.5 Å². The fraction of sp³-hybridized carbons (Fsp3) is 0.0500. The Morgan fingerprint density at radius 1 is 0.512 bits per heavy atom. The molecule has 6 aromatic carbocycles. The average Bonchev–Trinajstić information content (AvgIpc) is 3.28. The van der Waals surface area contributed by atoms with Gasteiger partial charge in [0.15, 0.2) is 0 Å². The molecule has 0 atom stereocenters. The van der Waals surface area contributed by atoms with Gasteiger partial charge in [0.25, 0.3) is 0 Å². The van der Waals surface area contributed by atoms with Crippen LogP contribution in [0.3, 0.4) is 0 Å². The van der Waals surface area contributed by atoms with Crippen molar-refractivity contribution in [1.82, 2.24) is 0 Å². The van der Waals surface area contributed by atoms with E-state index in [0.717, 1.165) is 12.1 Å². The first-order valence-electron chi connectivity index (χ1n) is 14.3. The molecule has 0 N–H and O–H groups in total. The summed E-state index contributed by atoms with van der Waals surface area (Å²) in [6.07, 6.45) is 10.0. The van der Waals surface area contributed by atoms with E-state index in [2.05, 4.69) is 170 Å². The second kappa shape index (κ2) is 10.8. The smallest absolute Gasteiger partial charge is 0.0539 e. The fourth-order valence-corrected chi connectivity index (χ4v) is 5.75. The molecule has 1 aliphatic carbocycles. The second-order valence-electron chi connectivity index (χ2n) is 10.7. The van der Waals surface area contributed by atoms with E-state index in [0.29, 0.717) is 0 Å². The molecule has 1 heteroatoms. The number of aryl methyl sites for hydroxylation is 1. The Balaban J connectivity index is 1.26. The van der Waals surface area contributed by atoms with Crippen LogP contribution in [0.5, 0.6) is 0 Å². The number of fused-ring (bicyclic) bond motifs is 2. The van der Waals surface area contributed by atoms with Gasteiger partial charge in [0.1, 0.15) is 0 Å². The van der Waals surface area contributed by atoms with Crippen LogP contribution in [0.4, 0.5) is 11.4 Å². The van der Waals surface area contributed by atoms with Gasteiger partial charge >= 0.3 is 0 Å². The van der Waals surface area contributed by atoms with Crippen LogP contribution in [0.15, 0.2) is 163 Å². The van der Waals surface area contributed by atoms with Gasteiger partial charge in [-0.15, -0.1) is 0 Å². The van der Waals surface area contributed by atoms with E-state index >= 15 is 0 Å². The van der Waals surface area contributed by atoms with Crippen molar-refractivity contribution in [3.05, 3.63) is 175 Å². The van der Waals surface area contributed by atoms with Crippen molar-refractivity contribution in [3.8, 4) is 11.1 Å². The molecule has 0 aromatic heterocycles. The molecule has 0 spiro atoms. The first-order valence-corrected chi connectivity index (χ1v) is 14.3. The molecule has 0 saturated carbocycles. The molecular formula is C40H31N. The molecule has 7 rings (SSSR count). The Morgan fingerprint density at radius 3 is 1.98 bits per heavy atom. The lowest BCUT2D eigenvalue weighted by atomic mass is 9.99. The molecule has 0 heterocycles. The Labute approximate surface area is 242 Å². The molecule has 0 unspecified atom stereocenters. The lowest BCUT2D eigenvalue weighted by Gasteiger charge is -2.28. The van der Waals surface area contributed by atoms with Gasteiger partial charge in [-0.1, -0.05) is 139 Å². The molecule has 196 valence electrons. The minimum absolute atomic E-state index is 0.853. The Morgan fingerprint density at radius 2 is 1.17 bits per heavy atom. The van der Waals surface area contributed by atoms with Crippen LogP contribution in [0.1, 0.15) is 17.5 Å². The zero-order valence-corrected chi connectivity index (χ0v) is 23.2. The summed E-state index contributed by atoms with van der Waals surface area (Å²) in [5, 5.41) is 4.96. The highest BCUT2D eigenvalue weighted by molar-refractivity contribution is 5.98. The molecule has 0 aliphatic heterocycles. The van der Waals surface area contributed by atoms with Crippen LogP contribution in [0.25, 0.3) is 38.2 Å². The van der Waals surface area contributed by atoms with E-state index in [1.807, 2.05) is 0 Å². The monoisotopic (exact) mass is 525 g/mol. The minimum atomic E-state index is 0.853. The third kappa shape index (κ3) is 4.99. The second-order valence-corrected chi connectivity index (χ2v) is 10.7. The molecule has 0 bridgehead atoms. The number of benzene rings is 6. The lowest BCUT2D eigenvalue weighted by Crippen LogP contribution is -2.15. The first kappa shape index (κ1) is 24.9. The number of hydrogen-bond donors (Lipinski definition) is 0. The van der Waals surface area contributed by atoms with Gasteiger partial charge in [-0.25, -0.2) is 0 Å². The van der Waals surface area contributed by atoms with Gasteiger partial charge in [0.05, 0.1) is 5.69 Å². The van der Waals surface area contributed by atoms with Crippen molar-refractivity contribution in [2.45, 2.75) is 13.3 Å². The molecule has 1 nitrogen and oxygen atoms in total. The third-order valence-electron chi connectivity index (χ3n) is 7.96. The summed E-state index contributed by atoms with van der Waals surface area (Å²) in [5.74, 6) is 0. The van der Waals surface area contributed by atoms with Crippen molar-refractivity contribution < 1.29 is 0 Å². The summed E-state index contributed by atoms with van der Waals surface area (Å²) in [6.45, 7) is 2.13. The quantitative estimate of drug-likeness (QED) is 0.216. The Kier molecular flexibility index (Phi) is 6.55. The van der Waals surface area contributed by atoms with Crippen LogP contribution in [0.2, 0.25) is 0 Å². The van der Waals surface area contributed by atoms with Crippen LogP contribution >= 0.6 is 0 Å². The maximum atomic E-state index is 2.41. The van der Waals surface area contributed by atoms with Gasteiger partial charge in [-0.3, -0.25) is 0 Å². The summed E-state index contributed by atoms with van der Waals surface area (Å²) in [7, 11) is 0. The number of rotatable bonds is 5. The summed E-state index contributed by atoms with van der Waals surface area (Å²) >= 11 is 0. The normalized spacial score (nSPS) is 13.1. The number of allylic oxidation sites excluding steroid dienone is 5. The molecule has 0 radical (unpaired) electrons. The standard InChI is InChI=1S/C40H31N/c1-29-16-18-32(19-17-29)34-22-20-33(21-23-34)30-11-6-13-37(26-24-30)41(38-27-25-31-8-2-3-10-36(31)28-38)40-15-7-12-35-9-4-5-14-39(35)40/h2-5,7-28H,6H2,1H3. The topological polar surface area (TPSA) is 3.24 Å². The molecular weight excluding hydrogens is 494 g/mol. The van der Waals surface area contributed by atoms with Gasteiger partial charge in [0.2, 0.25) is 0 Å². The van der Waals surface area contributed by atoms with Gasteiger partial charge in [0, 0.05) is 16.8 Å². The van der Waals surface area contributed by atoms with E-state index in [9.17, 15) is 0 Å². The summed E-state index contributed by atoms with van der Waals surface area (Å²) in [6, 6.07) is 48.2. The number of nitrogens with zero attached hydrogens (tertiary/aromatic N) is 1. The predicted molar refractivity (Wildman–Crippen MR) is 176 cm³/mol. The molecule has 1 aliphatic rings. The Hall–Kier alpha value is -5.14. The number of anilines is 2. The average molecular weight is 526 g/mol. The van der Waals surface area contributed by atoms with Crippen molar-refractivity contribution in [3.63, 3.8) is 0 Å². The van der Waals surface area contributed by atoms with Crippen LogP contribution in [-0.2, 0) is 0 Å². The summed E-state index contributed by atoms with van der Waals surface area (Å²) < 4.78 is 0.